The fourth-order valence-corrected chi connectivity index (χ4v) is 3.40. The van der Waals surface area contributed by atoms with Crippen molar-refractivity contribution in [2.75, 3.05) is 23.7 Å². The highest BCUT2D eigenvalue weighted by molar-refractivity contribution is 7.99. The maximum atomic E-state index is 10.1. The molecule has 0 spiro atoms. The van der Waals surface area contributed by atoms with Crippen LogP contribution in [0, 0.1) is 0 Å². The molecule has 3 heterocycles. The van der Waals surface area contributed by atoms with E-state index in [1.54, 1.807) is 24.7 Å². The van der Waals surface area contributed by atoms with Gasteiger partial charge in [-0.15, -0.1) is 0 Å². The van der Waals surface area contributed by atoms with Crippen LogP contribution in [0.25, 0.3) is 0 Å². The molecular formula is C15H19ClN6OS. The summed E-state index contributed by atoms with van der Waals surface area (Å²) in [5, 5.41) is 11.2. The number of piperidine rings is 1. The third-order valence-corrected chi connectivity index (χ3v) is 5.60. The van der Waals surface area contributed by atoms with Crippen LogP contribution in [-0.4, -0.2) is 44.8 Å². The quantitative estimate of drug-likeness (QED) is 0.749. The number of hydrogen-bond donors (Lipinski definition) is 3. The van der Waals surface area contributed by atoms with E-state index in [0.717, 1.165) is 11.4 Å². The van der Waals surface area contributed by atoms with Crippen molar-refractivity contribution in [3.05, 3.63) is 29.7 Å². The van der Waals surface area contributed by atoms with E-state index in [9.17, 15) is 5.11 Å². The Labute approximate surface area is 149 Å². The van der Waals surface area contributed by atoms with Gasteiger partial charge in [0.05, 0.1) is 23.5 Å². The first-order chi connectivity index (χ1) is 11.4. The summed E-state index contributed by atoms with van der Waals surface area (Å²) in [4.78, 5) is 15.5. The van der Waals surface area contributed by atoms with E-state index in [1.807, 2.05) is 11.8 Å². The summed E-state index contributed by atoms with van der Waals surface area (Å²) in [6.07, 6.45) is 5.06. The molecule has 0 radical (unpaired) electrons. The zero-order chi connectivity index (χ0) is 17.3. The Kier molecular flexibility index (Phi) is 4.82. The first-order valence-electron chi connectivity index (χ1n) is 7.48. The SMILES string of the molecule is C[C@@]1(N)CCN(c2cnc(Sc3ccnc(N)c3Cl)cn2)C[C@@H]1O. The molecule has 2 aromatic heterocycles. The minimum absolute atomic E-state index is 0.290. The van der Waals surface area contributed by atoms with Crippen LogP contribution in [0.5, 0.6) is 0 Å². The van der Waals surface area contributed by atoms with Gasteiger partial charge in [-0.2, -0.15) is 0 Å². The van der Waals surface area contributed by atoms with E-state index in [4.69, 9.17) is 23.1 Å². The molecule has 1 saturated heterocycles. The fraction of sp³-hybridized carbons (Fsp3) is 0.400. The molecule has 3 rings (SSSR count). The molecular weight excluding hydrogens is 348 g/mol. The van der Waals surface area contributed by atoms with Gasteiger partial charge < -0.3 is 21.5 Å². The first-order valence-corrected chi connectivity index (χ1v) is 8.68. The number of rotatable bonds is 3. The number of nitrogens with two attached hydrogens (primary N) is 2. The molecule has 0 aliphatic carbocycles. The lowest BCUT2D eigenvalue weighted by atomic mass is 9.88. The van der Waals surface area contributed by atoms with Crippen molar-refractivity contribution in [1.29, 1.82) is 0 Å². The summed E-state index contributed by atoms with van der Waals surface area (Å²) < 4.78 is 0. The van der Waals surface area contributed by atoms with Crippen LogP contribution in [0.1, 0.15) is 13.3 Å². The molecule has 0 saturated carbocycles. The Hall–Kier alpha value is -1.61. The number of β-amino-alcohol motifs (C(OH)–C–C–N with tert-alkyl or cyclic N) is 1. The van der Waals surface area contributed by atoms with Gasteiger partial charge in [0.1, 0.15) is 16.7 Å². The van der Waals surface area contributed by atoms with Gasteiger partial charge in [0.2, 0.25) is 0 Å². The number of hydrogen-bond acceptors (Lipinski definition) is 8. The van der Waals surface area contributed by atoms with Crippen LogP contribution in [0.2, 0.25) is 5.02 Å². The molecule has 1 aliphatic heterocycles. The lowest BCUT2D eigenvalue weighted by Crippen LogP contribution is -2.59. The Bertz CT molecular complexity index is 726. The molecule has 2 atom stereocenters. The maximum Gasteiger partial charge on any atom is 0.147 e. The molecule has 0 aromatic carbocycles. The van der Waals surface area contributed by atoms with Crippen molar-refractivity contribution in [3.63, 3.8) is 0 Å². The van der Waals surface area contributed by atoms with Gasteiger partial charge >= 0.3 is 0 Å². The van der Waals surface area contributed by atoms with Crippen LogP contribution in [0.3, 0.4) is 0 Å². The van der Waals surface area contributed by atoms with E-state index < -0.39 is 11.6 Å². The van der Waals surface area contributed by atoms with Crippen LogP contribution in [0.15, 0.2) is 34.6 Å². The smallest absolute Gasteiger partial charge is 0.147 e. The number of aliphatic hydroxyl groups is 1. The highest BCUT2D eigenvalue weighted by atomic mass is 35.5. The lowest BCUT2D eigenvalue weighted by Gasteiger charge is -2.41. The second-order valence-electron chi connectivity index (χ2n) is 6.04. The van der Waals surface area contributed by atoms with E-state index in [0.29, 0.717) is 34.6 Å². The third-order valence-electron chi connectivity index (χ3n) is 4.11. The fourth-order valence-electron chi connectivity index (χ4n) is 2.42. The van der Waals surface area contributed by atoms with E-state index in [-0.39, 0.29) is 0 Å². The Morgan fingerprint density at radius 3 is 2.83 bits per heavy atom. The number of aliphatic hydroxyl groups excluding tert-OH is 1. The van der Waals surface area contributed by atoms with Crippen molar-refractivity contribution in [3.8, 4) is 0 Å². The van der Waals surface area contributed by atoms with Crippen LogP contribution in [0.4, 0.5) is 11.6 Å². The highest BCUT2D eigenvalue weighted by Gasteiger charge is 2.35. The van der Waals surface area contributed by atoms with Gasteiger partial charge in [0.15, 0.2) is 0 Å². The lowest BCUT2D eigenvalue weighted by molar-refractivity contribution is 0.0792. The second-order valence-corrected chi connectivity index (χ2v) is 7.48. The van der Waals surface area contributed by atoms with Crippen molar-refractivity contribution in [1.82, 2.24) is 15.0 Å². The normalized spacial score (nSPS) is 24.2. The monoisotopic (exact) mass is 366 g/mol. The van der Waals surface area contributed by atoms with Gasteiger partial charge in [-0.3, -0.25) is 0 Å². The molecule has 0 unspecified atom stereocenters. The van der Waals surface area contributed by atoms with Crippen molar-refractivity contribution >= 4 is 35.0 Å². The van der Waals surface area contributed by atoms with Crippen molar-refractivity contribution in [2.45, 2.75) is 34.9 Å². The Morgan fingerprint density at radius 2 is 2.17 bits per heavy atom. The molecule has 9 heteroatoms. The standard InChI is InChI=1S/C15H19ClN6OS/c1-15(18)3-5-22(8-10(15)23)11-6-21-12(7-20-11)24-9-2-4-19-14(17)13(9)16/h2,4,6-7,10,23H,3,5,8,18H2,1H3,(H2,17,19)/t10-,15+/m0/s1. The second kappa shape index (κ2) is 6.72. The van der Waals surface area contributed by atoms with E-state index in [2.05, 4.69) is 15.0 Å². The van der Waals surface area contributed by atoms with Crippen molar-refractivity contribution < 1.29 is 5.11 Å². The summed E-state index contributed by atoms with van der Waals surface area (Å²) in [7, 11) is 0. The van der Waals surface area contributed by atoms with Gasteiger partial charge in [0, 0.05) is 29.7 Å². The minimum atomic E-state index is -0.597. The molecule has 128 valence electrons. The van der Waals surface area contributed by atoms with Crippen LogP contribution >= 0.6 is 23.4 Å². The first kappa shape index (κ1) is 17.2. The number of anilines is 2. The molecule has 0 bridgehead atoms. The largest absolute Gasteiger partial charge is 0.389 e. The Morgan fingerprint density at radius 1 is 1.38 bits per heavy atom. The number of aromatic nitrogens is 3. The zero-order valence-electron chi connectivity index (χ0n) is 13.2. The topological polar surface area (TPSA) is 114 Å². The summed E-state index contributed by atoms with van der Waals surface area (Å²) >= 11 is 7.51. The molecule has 7 nitrogen and oxygen atoms in total. The summed E-state index contributed by atoms with van der Waals surface area (Å²) in [5.41, 5.74) is 11.2. The predicted molar refractivity (Wildman–Crippen MR) is 95.2 cm³/mol. The number of nitrogen functional groups attached to an aromatic ring is 1. The maximum absolute atomic E-state index is 10.1. The van der Waals surface area contributed by atoms with Gasteiger partial charge in [0.25, 0.3) is 0 Å². The molecule has 0 amide bonds. The molecule has 5 N–H and O–H groups in total. The van der Waals surface area contributed by atoms with E-state index in [1.165, 1.54) is 11.8 Å². The Balaban J connectivity index is 1.71. The summed E-state index contributed by atoms with van der Waals surface area (Å²) in [5.74, 6) is 1.01. The average molecular weight is 367 g/mol. The molecule has 1 fully saturated rings. The van der Waals surface area contributed by atoms with Gasteiger partial charge in [-0.05, 0) is 19.4 Å². The average Bonchev–Trinajstić information content (AvgIpc) is 2.55. The minimum Gasteiger partial charge on any atom is -0.389 e. The van der Waals surface area contributed by atoms with Crippen LogP contribution in [-0.2, 0) is 0 Å². The van der Waals surface area contributed by atoms with E-state index >= 15 is 0 Å². The third kappa shape index (κ3) is 3.56. The summed E-state index contributed by atoms with van der Waals surface area (Å²) in [6, 6.07) is 1.78. The highest BCUT2D eigenvalue weighted by Crippen LogP contribution is 2.34. The predicted octanol–water partition coefficient (Wildman–Crippen LogP) is 1.55. The molecule has 1 aliphatic rings. The number of halogens is 1. The van der Waals surface area contributed by atoms with Crippen molar-refractivity contribution in [2.24, 2.45) is 5.73 Å². The van der Waals surface area contributed by atoms with Gasteiger partial charge in [-0.1, -0.05) is 23.4 Å². The number of nitrogens with zero attached hydrogens (tertiary/aromatic N) is 4. The molecule has 2 aromatic rings. The van der Waals surface area contributed by atoms with Gasteiger partial charge in [-0.25, -0.2) is 15.0 Å². The summed E-state index contributed by atoms with van der Waals surface area (Å²) in [6.45, 7) is 3.05. The number of pyridine rings is 1. The van der Waals surface area contributed by atoms with Crippen LogP contribution < -0.4 is 16.4 Å². The zero-order valence-corrected chi connectivity index (χ0v) is 14.8. The molecule has 24 heavy (non-hydrogen) atoms.